The van der Waals surface area contributed by atoms with Gasteiger partial charge >= 0.3 is 0 Å². The molecule has 2 amide bonds. The number of hydrogen-bond donors (Lipinski definition) is 2. The van der Waals surface area contributed by atoms with Crippen LogP contribution in [-0.2, 0) is 11.3 Å². The third kappa shape index (κ3) is 6.29. The Balaban J connectivity index is 1.54. The fourth-order valence-electron chi connectivity index (χ4n) is 3.71. The molecular formula is C25H34N4O2. The molecule has 31 heavy (non-hydrogen) atoms. The zero-order valence-corrected chi connectivity index (χ0v) is 19.0. The number of carbonyl (C=O) groups is 2. The van der Waals surface area contributed by atoms with Crippen molar-refractivity contribution >= 4 is 17.6 Å². The summed E-state index contributed by atoms with van der Waals surface area (Å²) in [4.78, 5) is 32.2. The van der Waals surface area contributed by atoms with Crippen LogP contribution in [0, 0.1) is 18.8 Å². The Morgan fingerprint density at radius 1 is 1.10 bits per heavy atom. The van der Waals surface area contributed by atoms with Gasteiger partial charge in [-0.15, -0.1) is 0 Å². The minimum absolute atomic E-state index is 0.0311. The van der Waals surface area contributed by atoms with Crippen LogP contribution in [-0.4, -0.2) is 35.9 Å². The van der Waals surface area contributed by atoms with Gasteiger partial charge in [-0.1, -0.05) is 44.5 Å². The van der Waals surface area contributed by atoms with Crippen LogP contribution in [0.1, 0.15) is 55.1 Å². The van der Waals surface area contributed by atoms with Crippen molar-refractivity contribution in [3.63, 3.8) is 0 Å². The summed E-state index contributed by atoms with van der Waals surface area (Å²) < 4.78 is 0. The lowest BCUT2D eigenvalue weighted by Crippen LogP contribution is -2.49. The van der Waals surface area contributed by atoms with Crippen molar-refractivity contribution in [1.82, 2.24) is 15.6 Å². The largest absolute Gasteiger partial charge is 0.357 e. The van der Waals surface area contributed by atoms with Gasteiger partial charge < -0.3 is 15.5 Å². The Morgan fingerprint density at radius 3 is 2.35 bits per heavy atom. The fraction of sp³-hybridized carbons (Fsp3) is 0.480. The van der Waals surface area contributed by atoms with Gasteiger partial charge in [-0.2, -0.15) is 0 Å². The summed E-state index contributed by atoms with van der Waals surface area (Å²) in [5.74, 6) is 1.32. The Labute approximate surface area is 185 Å². The molecule has 1 aromatic heterocycles. The maximum atomic E-state index is 12.8. The Morgan fingerprint density at radius 2 is 1.77 bits per heavy atom. The SMILES string of the molecule is Cc1ccc(C(=O)NC(C(=O)NCc2ccc(N3CCC(C)CC3)nc2)C(C)C)cc1. The number of piperidine rings is 1. The highest BCUT2D eigenvalue weighted by Crippen LogP contribution is 2.21. The predicted molar refractivity (Wildman–Crippen MR) is 124 cm³/mol. The number of carbonyl (C=O) groups excluding carboxylic acids is 2. The first-order valence-corrected chi connectivity index (χ1v) is 11.2. The molecule has 1 aliphatic heterocycles. The maximum absolute atomic E-state index is 12.8. The number of pyridine rings is 1. The number of nitrogens with zero attached hydrogens (tertiary/aromatic N) is 2. The molecule has 3 rings (SSSR count). The minimum Gasteiger partial charge on any atom is -0.357 e. The lowest BCUT2D eigenvalue weighted by atomic mass is 9.99. The minimum atomic E-state index is -0.601. The first kappa shape index (κ1) is 22.8. The smallest absolute Gasteiger partial charge is 0.251 e. The lowest BCUT2D eigenvalue weighted by molar-refractivity contribution is -0.124. The maximum Gasteiger partial charge on any atom is 0.251 e. The van der Waals surface area contributed by atoms with Crippen LogP contribution in [0.3, 0.4) is 0 Å². The molecule has 1 saturated heterocycles. The van der Waals surface area contributed by atoms with E-state index in [0.29, 0.717) is 12.1 Å². The molecule has 2 heterocycles. The number of rotatable bonds is 7. The first-order chi connectivity index (χ1) is 14.8. The molecule has 2 N–H and O–H groups in total. The molecule has 0 aliphatic carbocycles. The van der Waals surface area contributed by atoms with Crippen LogP contribution in [0.5, 0.6) is 0 Å². The molecule has 1 aliphatic rings. The van der Waals surface area contributed by atoms with E-state index < -0.39 is 6.04 Å². The van der Waals surface area contributed by atoms with Crippen LogP contribution < -0.4 is 15.5 Å². The summed E-state index contributed by atoms with van der Waals surface area (Å²) in [6, 6.07) is 10.8. The fourth-order valence-corrected chi connectivity index (χ4v) is 3.71. The van der Waals surface area contributed by atoms with Gasteiger partial charge in [-0.25, -0.2) is 4.98 Å². The van der Waals surface area contributed by atoms with Crippen molar-refractivity contribution in [2.45, 2.75) is 53.1 Å². The van der Waals surface area contributed by atoms with Crippen LogP contribution in [0.15, 0.2) is 42.6 Å². The van der Waals surface area contributed by atoms with Gasteiger partial charge in [-0.3, -0.25) is 9.59 Å². The molecule has 1 unspecified atom stereocenters. The van der Waals surface area contributed by atoms with Crippen molar-refractivity contribution in [2.75, 3.05) is 18.0 Å². The van der Waals surface area contributed by atoms with Crippen LogP contribution in [0.25, 0.3) is 0 Å². The normalized spacial score (nSPS) is 15.6. The molecule has 2 aromatic rings. The molecule has 0 radical (unpaired) electrons. The first-order valence-electron chi connectivity index (χ1n) is 11.2. The number of anilines is 1. The molecule has 1 aromatic carbocycles. The molecule has 6 nitrogen and oxygen atoms in total. The zero-order chi connectivity index (χ0) is 22.4. The number of nitrogens with one attached hydrogen (secondary N) is 2. The van der Waals surface area contributed by atoms with E-state index in [0.717, 1.165) is 36.0 Å². The van der Waals surface area contributed by atoms with E-state index >= 15 is 0 Å². The highest BCUT2D eigenvalue weighted by molar-refractivity contribution is 5.97. The molecule has 1 fully saturated rings. The molecular weight excluding hydrogens is 388 g/mol. The Hall–Kier alpha value is -2.89. The predicted octanol–water partition coefficient (Wildman–Crippen LogP) is 3.70. The van der Waals surface area contributed by atoms with Crippen molar-refractivity contribution in [3.05, 3.63) is 59.3 Å². The molecule has 1 atom stereocenters. The van der Waals surface area contributed by atoms with Gasteiger partial charge in [0.25, 0.3) is 5.91 Å². The number of amides is 2. The van der Waals surface area contributed by atoms with Gasteiger partial charge in [0.05, 0.1) is 0 Å². The summed E-state index contributed by atoms with van der Waals surface area (Å²) >= 11 is 0. The second-order valence-electron chi connectivity index (χ2n) is 8.97. The van der Waals surface area contributed by atoms with E-state index in [9.17, 15) is 9.59 Å². The second kappa shape index (κ2) is 10.4. The number of benzene rings is 1. The van der Waals surface area contributed by atoms with E-state index in [1.165, 1.54) is 12.8 Å². The van der Waals surface area contributed by atoms with Gasteiger partial charge in [0, 0.05) is 31.4 Å². The third-order valence-electron chi connectivity index (χ3n) is 5.93. The highest BCUT2D eigenvalue weighted by Gasteiger charge is 2.24. The molecule has 166 valence electrons. The van der Waals surface area contributed by atoms with Crippen molar-refractivity contribution in [1.29, 1.82) is 0 Å². The molecule has 0 spiro atoms. The quantitative estimate of drug-likeness (QED) is 0.714. The van der Waals surface area contributed by atoms with Crippen molar-refractivity contribution in [2.24, 2.45) is 11.8 Å². The zero-order valence-electron chi connectivity index (χ0n) is 19.0. The van der Waals surface area contributed by atoms with Crippen LogP contribution in [0.4, 0.5) is 5.82 Å². The average Bonchev–Trinajstić information content (AvgIpc) is 2.77. The highest BCUT2D eigenvalue weighted by atomic mass is 16.2. The van der Waals surface area contributed by atoms with E-state index in [1.807, 2.05) is 51.2 Å². The standard InChI is InChI=1S/C25H34N4O2/c1-17(2)23(28-24(30)21-8-5-18(3)6-9-21)25(31)27-16-20-7-10-22(26-15-20)29-13-11-19(4)12-14-29/h5-10,15,17,19,23H,11-14,16H2,1-4H3,(H,27,31)(H,28,30). The van der Waals surface area contributed by atoms with Crippen molar-refractivity contribution < 1.29 is 9.59 Å². The summed E-state index contributed by atoms with van der Waals surface area (Å²) in [6.45, 7) is 10.6. The van der Waals surface area contributed by atoms with Crippen molar-refractivity contribution in [3.8, 4) is 0 Å². The van der Waals surface area contributed by atoms with Crippen LogP contribution >= 0.6 is 0 Å². The monoisotopic (exact) mass is 422 g/mol. The summed E-state index contributed by atoms with van der Waals surface area (Å²) in [5.41, 5.74) is 2.58. The Bertz CT molecular complexity index is 869. The van der Waals surface area contributed by atoms with Gasteiger partial charge in [-0.05, 0) is 55.4 Å². The molecule has 6 heteroatoms. The Kier molecular flexibility index (Phi) is 7.66. The topological polar surface area (TPSA) is 74.3 Å². The average molecular weight is 423 g/mol. The molecule has 0 saturated carbocycles. The summed E-state index contributed by atoms with van der Waals surface area (Å²) in [5, 5.41) is 5.81. The number of aromatic nitrogens is 1. The number of hydrogen-bond acceptors (Lipinski definition) is 4. The third-order valence-corrected chi connectivity index (χ3v) is 5.93. The van der Waals surface area contributed by atoms with E-state index in [2.05, 4.69) is 27.4 Å². The van der Waals surface area contributed by atoms with E-state index in [1.54, 1.807) is 12.1 Å². The van der Waals surface area contributed by atoms with Crippen LogP contribution in [0.2, 0.25) is 0 Å². The lowest BCUT2D eigenvalue weighted by Gasteiger charge is -2.31. The van der Waals surface area contributed by atoms with E-state index in [-0.39, 0.29) is 17.7 Å². The van der Waals surface area contributed by atoms with E-state index in [4.69, 9.17) is 0 Å². The van der Waals surface area contributed by atoms with Gasteiger partial charge in [0.2, 0.25) is 5.91 Å². The summed E-state index contributed by atoms with van der Waals surface area (Å²) in [7, 11) is 0. The second-order valence-corrected chi connectivity index (χ2v) is 8.97. The van der Waals surface area contributed by atoms with Gasteiger partial charge in [0.1, 0.15) is 11.9 Å². The molecule has 0 bridgehead atoms. The number of aryl methyl sites for hydroxylation is 1. The van der Waals surface area contributed by atoms with Gasteiger partial charge in [0.15, 0.2) is 0 Å². The summed E-state index contributed by atoms with van der Waals surface area (Å²) in [6.07, 6.45) is 4.22.